The van der Waals surface area contributed by atoms with E-state index in [4.69, 9.17) is 9.47 Å². The maximum Gasteiger partial charge on any atom is 0.259 e. The Balaban J connectivity index is 2.08. The highest BCUT2D eigenvalue weighted by Gasteiger charge is 2.14. The first-order valence-corrected chi connectivity index (χ1v) is 8.91. The van der Waals surface area contributed by atoms with Gasteiger partial charge in [-0.05, 0) is 36.2 Å². The monoisotopic (exact) mass is 370 g/mol. The van der Waals surface area contributed by atoms with Crippen molar-refractivity contribution < 1.29 is 19.1 Å². The molecule has 0 atom stereocenters. The van der Waals surface area contributed by atoms with E-state index in [0.29, 0.717) is 48.2 Å². The van der Waals surface area contributed by atoms with Crippen LogP contribution in [0.5, 0.6) is 5.75 Å². The SMILES string of the molecule is COCCNC(=O)c1cccc(NC(=O)c2ccccc2OCC(C)C)c1. The number of hydrogen-bond donors (Lipinski definition) is 2. The number of carbonyl (C=O) groups is 2. The van der Waals surface area contributed by atoms with Gasteiger partial charge in [-0.25, -0.2) is 0 Å². The molecule has 2 aromatic carbocycles. The lowest BCUT2D eigenvalue weighted by Crippen LogP contribution is -2.27. The summed E-state index contributed by atoms with van der Waals surface area (Å²) >= 11 is 0. The fraction of sp³-hybridized carbons (Fsp3) is 0.333. The van der Waals surface area contributed by atoms with Gasteiger partial charge in [-0.15, -0.1) is 0 Å². The molecule has 0 spiro atoms. The summed E-state index contributed by atoms with van der Waals surface area (Å²) in [6.45, 7) is 5.49. The van der Waals surface area contributed by atoms with E-state index in [0.717, 1.165) is 0 Å². The highest BCUT2D eigenvalue weighted by atomic mass is 16.5. The van der Waals surface area contributed by atoms with Crippen molar-refractivity contribution in [2.24, 2.45) is 5.92 Å². The van der Waals surface area contributed by atoms with Crippen LogP contribution >= 0.6 is 0 Å². The van der Waals surface area contributed by atoms with Crippen LogP contribution in [0.4, 0.5) is 5.69 Å². The Morgan fingerprint density at radius 3 is 2.56 bits per heavy atom. The molecule has 0 saturated carbocycles. The number of benzene rings is 2. The predicted octanol–water partition coefficient (Wildman–Crippen LogP) is 3.35. The number of hydrogen-bond acceptors (Lipinski definition) is 4. The van der Waals surface area contributed by atoms with Crippen molar-refractivity contribution in [3.05, 3.63) is 59.7 Å². The lowest BCUT2D eigenvalue weighted by molar-refractivity contribution is 0.0936. The molecule has 0 unspecified atom stereocenters. The minimum absolute atomic E-state index is 0.219. The van der Waals surface area contributed by atoms with E-state index in [1.807, 2.05) is 19.9 Å². The van der Waals surface area contributed by atoms with Gasteiger partial charge in [0.05, 0.1) is 18.8 Å². The lowest BCUT2D eigenvalue weighted by Gasteiger charge is -2.13. The number of rotatable bonds is 9. The second-order valence-corrected chi connectivity index (χ2v) is 6.48. The van der Waals surface area contributed by atoms with Crippen molar-refractivity contribution in [1.82, 2.24) is 5.32 Å². The van der Waals surface area contributed by atoms with Crippen LogP contribution in [0.1, 0.15) is 34.6 Å². The van der Waals surface area contributed by atoms with E-state index in [1.165, 1.54) is 0 Å². The summed E-state index contributed by atoms with van der Waals surface area (Å²) < 4.78 is 10.7. The molecular weight excluding hydrogens is 344 g/mol. The van der Waals surface area contributed by atoms with Crippen LogP contribution in [0.2, 0.25) is 0 Å². The molecule has 0 heterocycles. The Hall–Kier alpha value is -2.86. The zero-order valence-electron chi connectivity index (χ0n) is 16.0. The van der Waals surface area contributed by atoms with Crippen molar-refractivity contribution in [2.45, 2.75) is 13.8 Å². The molecule has 6 nitrogen and oxygen atoms in total. The van der Waals surface area contributed by atoms with Gasteiger partial charge in [0.2, 0.25) is 0 Å². The van der Waals surface area contributed by atoms with E-state index in [1.54, 1.807) is 49.6 Å². The number of methoxy groups -OCH3 is 1. The molecule has 0 saturated heterocycles. The van der Waals surface area contributed by atoms with Gasteiger partial charge in [0.25, 0.3) is 11.8 Å². The number of amides is 2. The molecule has 0 aliphatic rings. The number of anilines is 1. The molecule has 2 rings (SSSR count). The van der Waals surface area contributed by atoms with Gasteiger partial charge in [-0.2, -0.15) is 0 Å². The van der Waals surface area contributed by atoms with Crippen molar-refractivity contribution in [3.8, 4) is 5.75 Å². The molecular formula is C21H26N2O4. The molecule has 0 bridgehead atoms. The average molecular weight is 370 g/mol. The summed E-state index contributed by atoms with van der Waals surface area (Å²) in [4.78, 5) is 24.8. The summed E-state index contributed by atoms with van der Waals surface area (Å²) in [5.74, 6) is 0.390. The van der Waals surface area contributed by atoms with Gasteiger partial charge >= 0.3 is 0 Å². The zero-order chi connectivity index (χ0) is 19.6. The van der Waals surface area contributed by atoms with Gasteiger partial charge < -0.3 is 20.1 Å². The van der Waals surface area contributed by atoms with Gasteiger partial charge in [0.1, 0.15) is 5.75 Å². The van der Waals surface area contributed by atoms with Crippen LogP contribution < -0.4 is 15.4 Å². The third kappa shape index (κ3) is 6.42. The zero-order valence-corrected chi connectivity index (χ0v) is 16.0. The second kappa shape index (κ2) is 10.3. The minimum Gasteiger partial charge on any atom is -0.492 e. The van der Waals surface area contributed by atoms with Crippen LogP contribution in [0.15, 0.2) is 48.5 Å². The van der Waals surface area contributed by atoms with Crippen molar-refractivity contribution in [1.29, 1.82) is 0 Å². The Morgan fingerprint density at radius 2 is 1.81 bits per heavy atom. The average Bonchev–Trinajstić information content (AvgIpc) is 2.67. The van der Waals surface area contributed by atoms with Crippen LogP contribution in [0.25, 0.3) is 0 Å². The van der Waals surface area contributed by atoms with Gasteiger partial charge in [0, 0.05) is 24.9 Å². The van der Waals surface area contributed by atoms with Gasteiger partial charge in [0.15, 0.2) is 0 Å². The van der Waals surface area contributed by atoms with Crippen LogP contribution in [-0.4, -0.2) is 38.7 Å². The Labute approximate surface area is 159 Å². The molecule has 2 N–H and O–H groups in total. The molecule has 0 fully saturated rings. The van der Waals surface area contributed by atoms with Crippen molar-refractivity contribution >= 4 is 17.5 Å². The highest BCUT2D eigenvalue weighted by molar-refractivity contribution is 6.06. The first kappa shape index (κ1) is 20.5. The second-order valence-electron chi connectivity index (χ2n) is 6.48. The van der Waals surface area contributed by atoms with Crippen LogP contribution in [-0.2, 0) is 4.74 Å². The van der Waals surface area contributed by atoms with E-state index in [2.05, 4.69) is 10.6 Å². The molecule has 0 aromatic heterocycles. The topological polar surface area (TPSA) is 76.7 Å². The molecule has 2 aromatic rings. The van der Waals surface area contributed by atoms with E-state index in [-0.39, 0.29) is 11.8 Å². The molecule has 2 amide bonds. The maximum atomic E-state index is 12.7. The molecule has 0 aliphatic heterocycles. The first-order valence-electron chi connectivity index (χ1n) is 8.91. The molecule has 0 radical (unpaired) electrons. The number of nitrogens with one attached hydrogen (secondary N) is 2. The lowest BCUT2D eigenvalue weighted by atomic mass is 10.1. The van der Waals surface area contributed by atoms with Crippen LogP contribution in [0.3, 0.4) is 0 Å². The largest absolute Gasteiger partial charge is 0.492 e. The van der Waals surface area contributed by atoms with E-state index >= 15 is 0 Å². The first-order chi connectivity index (χ1) is 13.0. The molecule has 144 valence electrons. The Bertz CT molecular complexity index is 774. The van der Waals surface area contributed by atoms with Gasteiger partial charge in [-0.1, -0.05) is 32.0 Å². The molecule has 27 heavy (non-hydrogen) atoms. The van der Waals surface area contributed by atoms with Crippen molar-refractivity contribution in [3.63, 3.8) is 0 Å². The third-order valence-electron chi connectivity index (χ3n) is 3.68. The number of para-hydroxylation sites is 1. The quantitative estimate of drug-likeness (QED) is 0.664. The normalized spacial score (nSPS) is 10.5. The maximum absolute atomic E-state index is 12.7. The van der Waals surface area contributed by atoms with Gasteiger partial charge in [-0.3, -0.25) is 9.59 Å². The summed E-state index contributed by atoms with van der Waals surface area (Å²) in [6, 6.07) is 13.9. The molecule has 6 heteroatoms. The Morgan fingerprint density at radius 1 is 1.04 bits per heavy atom. The summed E-state index contributed by atoms with van der Waals surface area (Å²) in [7, 11) is 1.57. The summed E-state index contributed by atoms with van der Waals surface area (Å²) in [5.41, 5.74) is 1.46. The van der Waals surface area contributed by atoms with E-state index in [9.17, 15) is 9.59 Å². The smallest absolute Gasteiger partial charge is 0.259 e. The fourth-order valence-corrected chi connectivity index (χ4v) is 2.34. The standard InChI is InChI=1S/C21H26N2O4/c1-15(2)14-27-19-10-5-4-9-18(19)21(25)23-17-8-6-7-16(13-17)20(24)22-11-12-26-3/h4-10,13,15H,11-12,14H2,1-3H3,(H,22,24)(H,23,25). The fourth-order valence-electron chi connectivity index (χ4n) is 2.34. The minimum atomic E-state index is -0.286. The Kier molecular flexibility index (Phi) is 7.82. The molecule has 0 aliphatic carbocycles. The summed E-state index contributed by atoms with van der Waals surface area (Å²) in [5, 5.41) is 5.58. The van der Waals surface area contributed by atoms with Crippen LogP contribution in [0, 0.1) is 5.92 Å². The highest BCUT2D eigenvalue weighted by Crippen LogP contribution is 2.21. The van der Waals surface area contributed by atoms with Crippen molar-refractivity contribution in [2.75, 3.05) is 32.2 Å². The number of carbonyl (C=O) groups excluding carboxylic acids is 2. The summed E-state index contributed by atoms with van der Waals surface area (Å²) in [6.07, 6.45) is 0. The predicted molar refractivity (Wildman–Crippen MR) is 105 cm³/mol. The van der Waals surface area contributed by atoms with E-state index < -0.39 is 0 Å². The third-order valence-corrected chi connectivity index (χ3v) is 3.68. The number of ether oxygens (including phenoxy) is 2.